The minimum Gasteiger partial charge on any atom is -0.497 e. The molecule has 1 fully saturated rings. The molecule has 0 radical (unpaired) electrons. The summed E-state index contributed by atoms with van der Waals surface area (Å²) in [4.78, 5) is 29.3. The largest absolute Gasteiger partial charge is 0.497 e. The quantitative estimate of drug-likeness (QED) is 0.0986. The SMILES string of the molecule is COc1ccc(C(=O)Nc2ccc(CN3C(=O)[C@]4(O[C@H](CCn5cc(C(CO)c6ccccc6)nn5)[C@@H]([Si](C)(C)F)[C@@H]4C)c4cc(Cl)ccc43)cc2)cc1. The highest BCUT2D eigenvalue weighted by molar-refractivity contribution is 6.72. The number of aliphatic hydroxyl groups is 1. The van der Waals surface area contributed by atoms with Crippen molar-refractivity contribution in [3.63, 3.8) is 0 Å². The number of carbonyl (C=O) groups is 2. The van der Waals surface area contributed by atoms with Crippen molar-refractivity contribution in [3.8, 4) is 5.75 Å². The maximum Gasteiger partial charge on any atom is 0.264 e. The van der Waals surface area contributed by atoms with Crippen LogP contribution in [-0.4, -0.2) is 60.1 Å². The van der Waals surface area contributed by atoms with E-state index in [1.807, 2.05) is 61.7 Å². The molecular weight excluding hydrogens is 725 g/mol. The van der Waals surface area contributed by atoms with Crippen molar-refractivity contribution in [2.24, 2.45) is 5.92 Å². The number of aryl methyl sites for hydroxylation is 1. The van der Waals surface area contributed by atoms with E-state index >= 15 is 4.11 Å². The van der Waals surface area contributed by atoms with Gasteiger partial charge in [0.25, 0.3) is 11.8 Å². The van der Waals surface area contributed by atoms with Gasteiger partial charge in [-0.05, 0) is 85.2 Å². The fraction of sp³-hybridized carbons (Fsp3) is 0.317. The molecule has 1 aromatic heterocycles. The molecule has 0 aliphatic carbocycles. The van der Waals surface area contributed by atoms with Gasteiger partial charge in [0.2, 0.25) is 8.41 Å². The first-order valence-electron chi connectivity index (χ1n) is 18.0. The number of nitrogens with zero attached hydrogens (tertiary/aromatic N) is 4. The average molecular weight is 768 g/mol. The summed E-state index contributed by atoms with van der Waals surface area (Å²) < 4.78 is 30.2. The number of anilines is 2. The molecule has 2 N–H and O–H groups in total. The van der Waals surface area contributed by atoms with E-state index in [1.54, 1.807) is 78.3 Å². The van der Waals surface area contributed by atoms with Gasteiger partial charge in [-0.1, -0.05) is 66.2 Å². The van der Waals surface area contributed by atoms with Crippen LogP contribution in [0.4, 0.5) is 15.5 Å². The lowest BCUT2D eigenvalue weighted by Crippen LogP contribution is -2.45. The van der Waals surface area contributed by atoms with Crippen LogP contribution in [0.25, 0.3) is 0 Å². The van der Waals surface area contributed by atoms with Crippen LogP contribution in [-0.2, 0) is 28.2 Å². The third kappa shape index (κ3) is 7.06. The predicted octanol–water partition coefficient (Wildman–Crippen LogP) is 7.73. The molecule has 0 bridgehead atoms. The number of fused-ring (bicyclic) bond motifs is 2. The van der Waals surface area contributed by atoms with E-state index in [2.05, 4.69) is 15.6 Å². The van der Waals surface area contributed by atoms with Crippen LogP contribution in [0.1, 0.15) is 52.0 Å². The first-order valence-corrected chi connectivity index (χ1v) is 21.3. The van der Waals surface area contributed by atoms with E-state index < -0.39 is 31.6 Å². The Labute approximate surface area is 320 Å². The number of nitrogens with one attached hydrogen (secondary N) is 1. The topological polar surface area (TPSA) is 119 Å². The Balaban J connectivity index is 1.11. The van der Waals surface area contributed by atoms with Gasteiger partial charge >= 0.3 is 0 Å². The number of halogens is 2. The lowest BCUT2D eigenvalue weighted by Gasteiger charge is -2.31. The number of hydrogen-bond donors (Lipinski definition) is 2. The van der Waals surface area contributed by atoms with Gasteiger partial charge in [-0.15, -0.1) is 5.10 Å². The van der Waals surface area contributed by atoms with Gasteiger partial charge in [0, 0.05) is 46.0 Å². The molecule has 10 nitrogen and oxygen atoms in total. The van der Waals surface area contributed by atoms with E-state index in [9.17, 15) is 14.7 Å². The molecule has 3 heterocycles. The summed E-state index contributed by atoms with van der Waals surface area (Å²) in [5.41, 5.74) is 2.88. The second-order valence-electron chi connectivity index (χ2n) is 14.5. The van der Waals surface area contributed by atoms with Gasteiger partial charge in [0.05, 0.1) is 43.7 Å². The number of amides is 2. The molecule has 2 amide bonds. The van der Waals surface area contributed by atoms with Crippen molar-refractivity contribution >= 4 is 43.2 Å². The summed E-state index contributed by atoms with van der Waals surface area (Å²) >= 11 is 6.57. The maximum atomic E-state index is 16.4. The zero-order valence-electron chi connectivity index (χ0n) is 30.6. The van der Waals surface area contributed by atoms with Crippen LogP contribution < -0.4 is 15.0 Å². The fourth-order valence-corrected chi connectivity index (χ4v) is 10.9. The summed E-state index contributed by atoms with van der Waals surface area (Å²) in [5.74, 6) is -0.660. The second kappa shape index (κ2) is 15.1. The Morgan fingerprint density at radius 2 is 1.80 bits per heavy atom. The van der Waals surface area contributed by atoms with Crippen molar-refractivity contribution in [2.45, 2.75) is 62.7 Å². The normalized spacial score (nSPS) is 21.4. The summed E-state index contributed by atoms with van der Waals surface area (Å²) in [6, 6.07) is 29.2. The smallest absolute Gasteiger partial charge is 0.264 e. The van der Waals surface area contributed by atoms with Crippen LogP contribution >= 0.6 is 11.6 Å². The van der Waals surface area contributed by atoms with Gasteiger partial charge in [-0.25, -0.2) is 0 Å². The summed E-state index contributed by atoms with van der Waals surface area (Å²) in [6.45, 7) is 5.77. The number of methoxy groups -OCH3 is 1. The van der Waals surface area contributed by atoms with Gasteiger partial charge in [-0.3, -0.25) is 14.3 Å². The van der Waals surface area contributed by atoms with Crippen LogP contribution in [0.2, 0.25) is 23.7 Å². The third-order valence-electron chi connectivity index (χ3n) is 10.8. The van der Waals surface area contributed by atoms with E-state index in [0.717, 1.165) is 11.1 Å². The van der Waals surface area contributed by atoms with Gasteiger partial charge in [0.1, 0.15) is 5.75 Å². The van der Waals surface area contributed by atoms with Crippen molar-refractivity contribution in [2.75, 3.05) is 23.9 Å². The molecule has 280 valence electrons. The molecule has 1 unspecified atom stereocenters. The van der Waals surface area contributed by atoms with Crippen LogP contribution in [0.3, 0.4) is 0 Å². The standard InChI is InChI=1S/C41H43ClFN5O5Si/c1-26-38(54(3,4)43)37(20-21-47-24-35(45-46-47)33(25-49)28-8-6-5-7-9-28)53-41(26)34-22-30(42)14-19-36(34)48(40(41)51)23-27-10-15-31(16-11-27)44-39(50)29-12-17-32(52-2)18-13-29/h5-19,22,24,26,33,37-38,49H,20-21,23,25H2,1-4H3,(H,44,50)/t26-,33?,37+,38-,41+/m0/s1. The first kappa shape index (κ1) is 37.4. The number of rotatable bonds is 12. The zero-order chi connectivity index (χ0) is 38.2. The summed E-state index contributed by atoms with van der Waals surface area (Å²) in [5, 5.41) is 22.2. The average Bonchev–Trinajstić information content (AvgIpc) is 3.82. The minimum absolute atomic E-state index is 0.121. The Morgan fingerprint density at radius 3 is 2.46 bits per heavy atom. The second-order valence-corrected chi connectivity index (χ2v) is 18.8. The molecule has 1 saturated heterocycles. The molecule has 54 heavy (non-hydrogen) atoms. The number of aromatic nitrogens is 3. The van der Waals surface area contributed by atoms with Crippen molar-refractivity contribution in [3.05, 3.63) is 136 Å². The number of aliphatic hydroxyl groups excluding tert-OH is 1. The van der Waals surface area contributed by atoms with Crippen LogP contribution in [0, 0.1) is 5.92 Å². The van der Waals surface area contributed by atoms with Crippen LogP contribution in [0.5, 0.6) is 5.75 Å². The Bertz CT molecular complexity index is 2130. The number of carbonyl (C=O) groups excluding carboxylic acids is 2. The van der Waals surface area contributed by atoms with Gasteiger partial charge in [0.15, 0.2) is 5.60 Å². The number of ether oxygens (including phenoxy) is 2. The molecule has 2 aliphatic rings. The van der Waals surface area contributed by atoms with Gasteiger partial charge < -0.3 is 28.9 Å². The Kier molecular flexibility index (Phi) is 10.5. The molecule has 0 saturated carbocycles. The van der Waals surface area contributed by atoms with Crippen molar-refractivity contribution < 1.29 is 28.3 Å². The monoisotopic (exact) mass is 767 g/mol. The first-order chi connectivity index (χ1) is 25.9. The summed E-state index contributed by atoms with van der Waals surface area (Å²) in [7, 11) is -1.83. The highest BCUT2D eigenvalue weighted by Gasteiger charge is 2.66. The molecule has 1 spiro atoms. The minimum atomic E-state index is -3.40. The lowest BCUT2D eigenvalue weighted by molar-refractivity contribution is -0.146. The summed E-state index contributed by atoms with van der Waals surface area (Å²) in [6.07, 6.45) is 1.64. The molecule has 13 heteroatoms. The highest BCUT2D eigenvalue weighted by Crippen LogP contribution is 2.60. The zero-order valence-corrected chi connectivity index (χ0v) is 32.3. The number of hydrogen-bond acceptors (Lipinski definition) is 7. The van der Waals surface area contributed by atoms with Crippen LogP contribution in [0.15, 0.2) is 103 Å². The Morgan fingerprint density at radius 1 is 1.07 bits per heavy atom. The predicted molar refractivity (Wildman–Crippen MR) is 208 cm³/mol. The Hall–Kier alpha value is -4.88. The lowest BCUT2D eigenvalue weighted by atomic mass is 9.82. The van der Waals surface area contributed by atoms with Crippen molar-refractivity contribution in [1.82, 2.24) is 15.0 Å². The fourth-order valence-electron chi connectivity index (χ4n) is 8.16. The van der Waals surface area contributed by atoms with E-state index in [4.69, 9.17) is 21.1 Å². The molecule has 5 atom stereocenters. The molecule has 2 aliphatic heterocycles. The van der Waals surface area contributed by atoms with E-state index in [0.29, 0.717) is 51.9 Å². The maximum absolute atomic E-state index is 16.4. The number of benzene rings is 4. The molecule has 5 aromatic rings. The molecule has 4 aromatic carbocycles. The van der Waals surface area contributed by atoms with Crippen molar-refractivity contribution in [1.29, 1.82) is 0 Å². The highest BCUT2D eigenvalue weighted by atomic mass is 35.5. The molecular formula is C41H43ClFN5O5Si. The van der Waals surface area contributed by atoms with Gasteiger partial charge in [-0.2, -0.15) is 0 Å². The van der Waals surface area contributed by atoms with E-state index in [-0.39, 0.29) is 30.9 Å². The third-order valence-corrected chi connectivity index (χ3v) is 13.5. The molecule has 7 rings (SSSR count). The van der Waals surface area contributed by atoms with E-state index in [1.165, 1.54) is 0 Å².